The fourth-order valence-electron chi connectivity index (χ4n) is 2.44. The molecule has 1 aliphatic heterocycles. The summed E-state index contributed by atoms with van der Waals surface area (Å²) in [6.45, 7) is 3.87. The van der Waals surface area contributed by atoms with E-state index < -0.39 is 30.4 Å². The number of carbonyl (C=O) groups is 3. The van der Waals surface area contributed by atoms with Gasteiger partial charge in [-0.05, 0) is 26.2 Å². The van der Waals surface area contributed by atoms with Crippen LogP contribution in [0.4, 0.5) is 4.79 Å². The molecule has 7 nitrogen and oxygen atoms in total. The van der Waals surface area contributed by atoms with Crippen molar-refractivity contribution in [2.45, 2.75) is 57.7 Å². The third-order valence-electron chi connectivity index (χ3n) is 3.47. The van der Waals surface area contributed by atoms with Gasteiger partial charge < -0.3 is 20.4 Å². The SMILES string of the molecule is CCC1CCC(C)N1C(=O)NC(CC(=O)O)C(=O)O. The van der Waals surface area contributed by atoms with Crippen LogP contribution in [-0.4, -0.2) is 51.2 Å². The normalized spacial score (nSPS) is 24.0. The van der Waals surface area contributed by atoms with E-state index in [1.807, 2.05) is 13.8 Å². The molecule has 3 unspecified atom stereocenters. The molecule has 3 atom stereocenters. The van der Waals surface area contributed by atoms with Gasteiger partial charge >= 0.3 is 18.0 Å². The minimum Gasteiger partial charge on any atom is -0.481 e. The Balaban J connectivity index is 2.70. The zero-order valence-electron chi connectivity index (χ0n) is 11.1. The van der Waals surface area contributed by atoms with E-state index >= 15 is 0 Å². The number of aliphatic carboxylic acids is 2. The first-order valence-corrected chi connectivity index (χ1v) is 6.40. The van der Waals surface area contributed by atoms with Crippen molar-refractivity contribution in [3.8, 4) is 0 Å². The summed E-state index contributed by atoms with van der Waals surface area (Å²) in [5, 5.41) is 19.8. The van der Waals surface area contributed by atoms with Crippen LogP contribution >= 0.6 is 0 Å². The number of carboxylic acid groups (broad SMARTS) is 2. The Morgan fingerprint density at radius 3 is 2.42 bits per heavy atom. The van der Waals surface area contributed by atoms with Gasteiger partial charge in [-0.25, -0.2) is 9.59 Å². The van der Waals surface area contributed by atoms with Crippen molar-refractivity contribution in [3.63, 3.8) is 0 Å². The minimum absolute atomic E-state index is 0.0456. The second-order valence-corrected chi connectivity index (χ2v) is 4.83. The Morgan fingerprint density at radius 2 is 1.95 bits per heavy atom. The number of hydrogen-bond acceptors (Lipinski definition) is 3. The Labute approximate surface area is 111 Å². The van der Waals surface area contributed by atoms with Gasteiger partial charge in [0.2, 0.25) is 0 Å². The van der Waals surface area contributed by atoms with Crippen LogP contribution < -0.4 is 5.32 Å². The van der Waals surface area contributed by atoms with Crippen LogP contribution in [0.5, 0.6) is 0 Å². The number of rotatable bonds is 5. The van der Waals surface area contributed by atoms with Crippen LogP contribution in [0.3, 0.4) is 0 Å². The summed E-state index contributed by atoms with van der Waals surface area (Å²) in [7, 11) is 0. The molecule has 2 amide bonds. The maximum atomic E-state index is 12.1. The van der Waals surface area contributed by atoms with Gasteiger partial charge in [-0.1, -0.05) is 6.92 Å². The van der Waals surface area contributed by atoms with E-state index in [0.29, 0.717) is 0 Å². The third kappa shape index (κ3) is 3.84. The average Bonchev–Trinajstić information content (AvgIpc) is 2.68. The van der Waals surface area contributed by atoms with Crippen molar-refractivity contribution in [2.24, 2.45) is 0 Å². The van der Waals surface area contributed by atoms with E-state index in [0.717, 1.165) is 19.3 Å². The van der Waals surface area contributed by atoms with Crippen molar-refractivity contribution in [1.82, 2.24) is 10.2 Å². The van der Waals surface area contributed by atoms with Gasteiger partial charge in [0.25, 0.3) is 0 Å². The fraction of sp³-hybridized carbons (Fsp3) is 0.750. The summed E-state index contributed by atoms with van der Waals surface area (Å²) >= 11 is 0. The molecule has 3 N–H and O–H groups in total. The maximum Gasteiger partial charge on any atom is 0.326 e. The van der Waals surface area contributed by atoms with Gasteiger partial charge in [-0.2, -0.15) is 0 Å². The molecule has 19 heavy (non-hydrogen) atoms. The predicted molar refractivity (Wildman–Crippen MR) is 66.8 cm³/mol. The first-order valence-electron chi connectivity index (χ1n) is 6.40. The molecule has 0 aromatic heterocycles. The van der Waals surface area contributed by atoms with Crippen LogP contribution in [0.25, 0.3) is 0 Å². The Bertz CT molecular complexity index is 371. The van der Waals surface area contributed by atoms with Crippen LogP contribution in [-0.2, 0) is 9.59 Å². The largest absolute Gasteiger partial charge is 0.481 e. The average molecular weight is 272 g/mol. The molecule has 1 heterocycles. The molecule has 7 heteroatoms. The summed E-state index contributed by atoms with van der Waals surface area (Å²) < 4.78 is 0. The summed E-state index contributed by atoms with van der Waals surface area (Å²) in [6.07, 6.45) is 1.94. The number of carbonyl (C=O) groups excluding carboxylic acids is 1. The summed E-state index contributed by atoms with van der Waals surface area (Å²) in [5.74, 6) is -2.59. The lowest BCUT2D eigenvalue weighted by atomic mass is 10.1. The van der Waals surface area contributed by atoms with Gasteiger partial charge in [0.05, 0.1) is 6.42 Å². The molecule has 0 radical (unpaired) electrons. The van der Waals surface area contributed by atoms with Crippen molar-refractivity contribution in [2.75, 3.05) is 0 Å². The molecular weight excluding hydrogens is 252 g/mol. The molecule has 0 aliphatic carbocycles. The number of amides is 2. The van der Waals surface area contributed by atoms with Crippen LogP contribution in [0.2, 0.25) is 0 Å². The maximum absolute atomic E-state index is 12.1. The van der Waals surface area contributed by atoms with Gasteiger partial charge in [-0.3, -0.25) is 4.79 Å². The van der Waals surface area contributed by atoms with E-state index in [4.69, 9.17) is 10.2 Å². The zero-order chi connectivity index (χ0) is 14.6. The molecule has 1 fully saturated rings. The number of urea groups is 1. The van der Waals surface area contributed by atoms with Crippen molar-refractivity contribution in [3.05, 3.63) is 0 Å². The minimum atomic E-state index is -1.39. The molecule has 1 rings (SSSR count). The van der Waals surface area contributed by atoms with E-state index in [2.05, 4.69) is 5.32 Å². The monoisotopic (exact) mass is 272 g/mol. The summed E-state index contributed by atoms with van der Waals surface area (Å²) in [6, 6.07) is -1.75. The highest BCUT2D eigenvalue weighted by Gasteiger charge is 2.35. The first-order chi connectivity index (χ1) is 8.86. The quantitative estimate of drug-likeness (QED) is 0.689. The van der Waals surface area contributed by atoms with E-state index in [1.54, 1.807) is 4.90 Å². The molecule has 0 aromatic rings. The molecule has 0 saturated carbocycles. The lowest BCUT2D eigenvalue weighted by Gasteiger charge is -2.29. The highest BCUT2D eigenvalue weighted by atomic mass is 16.4. The molecule has 108 valence electrons. The number of nitrogens with zero attached hydrogens (tertiary/aromatic N) is 1. The van der Waals surface area contributed by atoms with E-state index in [1.165, 1.54) is 0 Å². The number of likely N-dealkylation sites (tertiary alicyclic amines) is 1. The van der Waals surface area contributed by atoms with Gasteiger partial charge in [0.15, 0.2) is 0 Å². The Morgan fingerprint density at radius 1 is 1.32 bits per heavy atom. The van der Waals surface area contributed by atoms with Gasteiger partial charge in [-0.15, -0.1) is 0 Å². The third-order valence-corrected chi connectivity index (χ3v) is 3.47. The highest BCUT2D eigenvalue weighted by Crippen LogP contribution is 2.25. The van der Waals surface area contributed by atoms with E-state index in [-0.39, 0.29) is 12.1 Å². The topological polar surface area (TPSA) is 107 Å². The van der Waals surface area contributed by atoms with Crippen molar-refractivity contribution in [1.29, 1.82) is 0 Å². The van der Waals surface area contributed by atoms with Gasteiger partial charge in [0, 0.05) is 12.1 Å². The van der Waals surface area contributed by atoms with Crippen molar-refractivity contribution < 1.29 is 24.6 Å². The molecular formula is C12H20N2O5. The van der Waals surface area contributed by atoms with Crippen molar-refractivity contribution >= 4 is 18.0 Å². The molecule has 0 bridgehead atoms. The smallest absolute Gasteiger partial charge is 0.326 e. The molecule has 1 saturated heterocycles. The summed E-state index contributed by atoms with van der Waals surface area (Å²) in [5.41, 5.74) is 0. The fourth-order valence-corrected chi connectivity index (χ4v) is 2.44. The number of carboxylic acids is 2. The predicted octanol–water partition coefficient (Wildman–Crippen LogP) is 0.887. The standard InChI is InChI=1S/C12H20N2O5/c1-3-8-5-4-7(2)14(8)12(19)13-9(11(17)18)6-10(15)16/h7-9H,3-6H2,1-2H3,(H,13,19)(H,15,16)(H,17,18). The number of nitrogens with one attached hydrogen (secondary N) is 1. The zero-order valence-corrected chi connectivity index (χ0v) is 11.1. The number of hydrogen-bond donors (Lipinski definition) is 3. The lowest BCUT2D eigenvalue weighted by Crippen LogP contribution is -2.51. The highest BCUT2D eigenvalue weighted by molar-refractivity contribution is 5.86. The molecule has 0 spiro atoms. The van der Waals surface area contributed by atoms with Gasteiger partial charge in [0.1, 0.15) is 6.04 Å². The molecule has 1 aliphatic rings. The molecule has 0 aromatic carbocycles. The second kappa shape index (κ2) is 6.40. The Kier molecular flexibility index (Phi) is 5.14. The Hall–Kier alpha value is -1.79. The van der Waals surface area contributed by atoms with E-state index in [9.17, 15) is 14.4 Å². The van der Waals surface area contributed by atoms with Crippen LogP contribution in [0.15, 0.2) is 0 Å². The summed E-state index contributed by atoms with van der Waals surface area (Å²) in [4.78, 5) is 35.2. The van der Waals surface area contributed by atoms with Crippen LogP contribution in [0.1, 0.15) is 39.5 Å². The first kappa shape index (κ1) is 15.3. The lowest BCUT2D eigenvalue weighted by molar-refractivity contribution is -0.145. The van der Waals surface area contributed by atoms with Crippen LogP contribution in [0, 0.1) is 0 Å². The second-order valence-electron chi connectivity index (χ2n) is 4.83.